The number of aryl methyl sites for hydroxylation is 1. The van der Waals surface area contributed by atoms with Crippen LogP contribution in [0.1, 0.15) is 55.8 Å². The minimum atomic E-state index is 0.0712. The van der Waals surface area contributed by atoms with Gasteiger partial charge in [-0.1, -0.05) is 53.1 Å². The summed E-state index contributed by atoms with van der Waals surface area (Å²) in [6.45, 7) is 3.79. The number of hydrogen-bond acceptors (Lipinski definition) is 1. The lowest BCUT2D eigenvalue weighted by Crippen LogP contribution is -2.29. The van der Waals surface area contributed by atoms with E-state index in [0.717, 1.165) is 39.5 Å². The highest BCUT2D eigenvalue weighted by Gasteiger charge is 2.19. The molecule has 0 saturated heterocycles. The summed E-state index contributed by atoms with van der Waals surface area (Å²) < 4.78 is 3.22. The number of carbonyl (C=O) groups excluding carboxylic acids is 1. The second-order valence-electron chi connectivity index (χ2n) is 7.01. The molecule has 24 heavy (non-hydrogen) atoms. The lowest BCUT2D eigenvalue weighted by Gasteiger charge is -2.14. The smallest absolute Gasteiger partial charge is 0.253 e. The highest BCUT2D eigenvalue weighted by atomic mass is 79.9. The SMILES string of the molecule is Bc1cc(Br)cc2c1c(C(=O)NCC1CCCCCC1)cn2CC. The van der Waals surface area contributed by atoms with Crippen molar-refractivity contribution < 1.29 is 4.79 Å². The van der Waals surface area contributed by atoms with Gasteiger partial charge in [-0.25, -0.2) is 0 Å². The lowest BCUT2D eigenvalue weighted by atomic mass is 9.90. The molecule has 1 aliphatic carbocycles. The topological polar surface area (TPSA) is 34.0 Å². The van der Waals surface area contributed by atoms with Crippen LogP contribution in [0.4, 0.5) is 0 Å². The van der Waals surface area contributed by atoms with E-state index in [9.17, 15) is 4.79 Å². The van der Waals surface area contributed by atoms with Gasteiger partial charge in [0.25, 0.3) is 5.91 Å². The number of benzene rings is 1. The molecule has 0 unspecified atom stereocenters. The zero-order valence-corrected chi connectivity index (χ0v) is 16.3. The molecule has 1 N–H and O–H groups in total. The van der Waals surface area contributed by atoms with Crippen molar-refractivity contribution in [3.8, 4) is 0 Å². The Morgan fingerprint density at radius 1 is 1.29 bits per heavy atom. The fraction of sp³-hybridized carbons (Fsp3) is 0.526. The first-order valence-corrected chi connectivity index (χ1v) is 9.96. The number of aromatic nitrogens is 1. The van der Waals surface area contributed by atoms with Gasteiger partial charge in [0.2, 0.25) is 0 Å². The van der Waals surface area contributed by atoms with Crippen molar-refractivity contribution in [2.24, 2.45) is 5.92 Å². The standard InChI is InChI=1S/C19H26BBrN2O/c1-2-23-12-15(18-16(20)9-14(21)10-17(18)23)19(24)22-11-13-7-5-3-4-6-8-13/h9-10,12-13H,2-8,11,20H2,1H3,(H,22,24). The number of nitrogens with zero attached hydrogens (tertiary/aromatic N) is 1. The predicted molar refractivity (Wildman–Crippen MR) is 107 cm³/mol. The Hall–Kier alpha value is -1.23. The third-order valence-corrected chi connectivity index (χ3v) is 5.71. The van der Waals surface area contributed by atoms with Gasteiger partial charge in [-0.15, -0.1) is 0 Å². The number of hydrogen-bond donors (Lipinski definition) is 1. The third kappa shape index (κ3) is 3.71. The van der Waals surface area contributed by atoms with Crippen molar-refractivity contribution in [1.82, 2.24) is 9.88 Å². The second-order valence-corrected chi connectivity index (χ2v) is 7.93. The van der Waals surface area contributed by atoms with Gasteiger partial charge in [-0.05, 0) is 31.7 Å². The molecule has 3 rings (SSSR count). The third-order valence-electron chi connectivity index (χ3n) is 5.25. The van der Waals surface area contributed by atoms with E-state index in [1.165, 1.54) is 38.5 Å². The van der Waals surface area contributed by atoms with Gasteiger partial charge in [-0.3, -0.25) is 4.79 Å². The fourth-order valence-corrected chi connectivity index (χ4v) is 4.49. The van der Waals surface area contributed by atoms with E-state index in [0.29, 0.717) is 5.92 Å². The van der Waals surface area contributed by atoms with Crippen LogP contribution in [-0.4, -0.2) is 24.9 Å². The molecule has 1 fully saturated rings. The molecule has 0 bridgehead atoms. The first-order chi connectivity index (χ1) is 11.6. The van der Waals surface area contributed by atoms with Crippen molar-refractivity contribution in [3.63, 3.8) is 0 Å². The zero-order valence-electron chi connectivity index (χ0n) is 14.7. The van der Waals surface area contributed by atoms with Gasteiger partial charge < -0.3 is 9.88 Å². The molecule has 2 aromatic rings. The van der Waals surface area contributed by atoms with E-state index >= 15 is 0 Å². The van der Waals surface area contributed by atoms with Crippen LogP contribution in [0, 0.1) is 5.92 Å². The van der Waals surface area contributed by atoms with E-state index < -0.39 is 0 Å². The maximum atomic E-state index is 12.8. The van der Waals surface area contributed by atoms with Crippen molar-refractivity contribution in [2.75, 3.05) is 6.54 Å². The summed E-state index contributed by atoms with van der Waals surface area (Å²) >= 11 is 3.57. The molecule has 1 aromatic heterocycles. The summed E-state index contributed by atoms with van der Waals surface area (Å²) in [5, 5.41) is 4.29. The van der Waals surface area contributed by atoms with Crippen LogP contribution in [-0.2, 0) is 6.54 Å². The molecule has 1 amide bonds. The highest BCUT2D eigenvalue weighted by Crippen LogP contribution is 2.25. The normalized spacial score (nSPS) is 16.2. The van der Waals surface area contributed by atoms with Gasteiger partial charge in [0, 0.05) is 34.7 Å². The maximum Gasteiger partial charge on any atom is 0.253 e. The largest absolute Gasteiger partial charge is 0.352 e. The Bertz CT molecular complexity index is 733. The Balaban J connectivity index is 1.81. The van der Waals surface area contributed by atoms with Crippen molar-refractivity contribution in [1.29, 1.82) is 0 Å². The lowest BCUT2D eigenvalue weighted by molar-refractivity contribution is 0.0947. The molecule has 0 aliphatic heterocycles. The maximum absolute atomic E-state index is 12.8. The minimum Gasteiger partial charge on any atom is -0.352 e. The average Bonchev–Trinajstić information content (AvgIpc) is 2.74. The molecule has 0 atom stereocenters. The molecular formula is C19H26BBrN2O. The highest BCUT2D eigenvalue weighted by molar-refractivity contribution is 9.10. The fourth-order valence-electron chi connectivity index (χ4n) is 3.93. The first-order valence-electron chi connectivity index (χ1n) is 9.17. The number of halogens is 1. The Morgan fingerprint density at radius 3 is 2.67 bits per heavy atom. The van der Waals surface area contributed by atoms with Gasteiger partial charge in [0.05, 0.1) is 5.56 Å². The summed E-state index contributed by atoms with van der Waals surface area (Å²) in [6.07, 6.45) is 9.83. The molecule has 0 radical (unpaired) electrons. The number of amides is 1. The van der Waals surface area contributed by atoms with Crippen molar-refractivity contribution in [2.45, 2.75) is 52.0 Å². The van der Waals surface area contributed by atoms with Gasteiger partial charge in [0.15, 0.2) is 0 Å². The van der Waals surface area contributed by atoms with Gasteiger partial charge in [-0.2, -0.15) is 0 Å². The van der Waals surface area contributed by atoms with E-state index in [1.807, 2.05) is 6.20 Å². The average molecular weight is 389 g/mol. The first kappa shape index (κ1) is 17.6. The second kappa shape index (κ2) is 7.77. The van der Waals surface area contributed by atoms with Crippen LogP contribution >= 0.6 is 15.9 Å². The monoisotopic (exact) mass is 388 g/mol. The molecule has 1 heterocycles. The Kier molecular flexibility index (Phi) is 5.70. The van der Waals surface area contributed by atoms with E-state index in [2.05, 4.69) is 52.7 Å². The summed E-state index contributed by atoms with van der Waals surface area (Å²) in [5.74, 6) is 0.716. The van der Waals surface area contributed by atoms with Crippen LogP contribution in [0.5, 0.6) is 0 Å². The van der Waals surface area contributed by atoms with Gasteiger partial charge in [0.1, 0.15) is 7.85 Å². The Labute approximate surface area is 153 Å². The van der Waals surface area contributed by atoms with Crippen molar-refractivity contribution in [3.05, 3.63) is 28.4 Å². The van der Waals surface area contributed by atoms with E-state index in [4.69, 9.17) is 0 Å². The Morgan fingerprint density at radius 2 is 2.00 bits per heavy atom. The number of fused-ring (bicyclic) bond motifs is 1. The minimum absolute atomic E-state index is 0.0712. The van der Waals surface area contributed by atoms with Crippen LogP contribution in [0.25, 0.3) is 10.9 Å². The van der Waals surface area contributed by atoms with Crippen LogP contribution < -0.4 is 10.8 Å². The van der Waals surface area contributed by atoms with Gasteiger partial charge >= 0.3 is 0 Å². The molecular weight excluding hydrogens is 363 g/mol. The summed E-state index contributed by atoms with van der Waals surface area (Å²) in [6, 6.07) is 4.19. The number of carbonyl (C=O) groups is 1. The molecule has 0 spiro atoms. The molecule has 5 heteroatoms. The molecule has 128 valence electrons. The predicted octanol–water partition coefficient (Wildman–Crippen LogP) is 3.38. The molecule has 1 aromatic carbocycles. The molecule has 1 saturated carbocycles. The summed E-state index contributed by atoms with van der Waals surface area (Å²) in [7, 11) is 2.08. The van der Waals surface area contributed by atoms with Crippen LogP contribution in [0.2, 0.25) is 0 Å². The molecule has 3 nitrogen and oxygen atoms in total. The van der Waals surface area contributed by atoms with E-state index in [-0.39, 0.29) is 5.91 Å². The quantitative estimate of drug-likeness (QED) is 0.632. The molecule has 1 aliphatic rings. The summed E-state index contributed by atoms with van der Waals surface area (Å²) in [5.41, 5.74) is 3.08. The number of nitrogens with one attached hydrogen (secondary N) is 1. The van der Waals surface area contributed by atoms with Crippen LogP contribution in [0.3, 0.4) is 0 Å². The zero-order chi connectivity index (χ0) is 17.1. The van der Waals surface area contributed by atoms with E-state index in [1.54, 1.807) is 0 Å². The van der Waals surface area contributed by atoms with Crippen molar-refractivity contribution >= 4 is 46.0 Å². The number of rotatable bonds is 4. The summed E-state index contributed by atoms with van der Waals surface area (Å²) in [4.78, 5) is 12.8. The van der Waals surface area contributed by atoms with Crippen LogP contribution in [0.15, 0.2) is 22.8 Å².